The molecule has 0 saturated carbocycles. The highest BCUT2D eigenvalue weighted by Gasteiger charge is 2.48. The second-order valence-electron chi connectivity index (χ2n) is 8.42. The molecule has 1 aromatic carbocycles. The van der Waals surface area contributed by atoms with E-state index in [9.17, 15) is 19.5 Å². The number of amides is 2. The number of benzene rings is 1. The van der Waals surface area contributed by atoms with E-state index in [1.807, 2.05) is 0 Å². The summed E-state index contributed by atoms with van der Waals surface area (Å²) in [6, 6.07) is 7.61. The van der Waals surface area contributed by atoms with Crippen LogP contribution >= 0.6 is 0 Å². The smallest absolute Gasteiger partial charge is 0.268 e. The molecule has 14 nitrogen and oxygen atoms in total. The van der Waals surface area contributed by atoms with Crippen LogP contribution in [0.4, 0.5) is 17.3 Å². The number of morpholine rings is 1. The largest absolute Gasteiger partial charge is 0.380 e. The van der Waals surface area contributed by atoms with Gasteiger partial charge in [-0.15, -0.1) is 5.10 Å². The lowest BCUT2D eigenvalue weighted by Gasteiger charge is -2.37. The molecule has 2 atom stereocenters. The van der Waals surface area contributed by atoms with Crippen molar-refractivity contribution in [2.75, 3.05) is 29.1 Å². The average molecular weight is 494 g/mol. The number of carbonyl (C=O) groups is 2. The number of ether oxygens (including phenoxy) is 1. The molecule has 2 amide bonds. The van der Waals surface area contributed by atoms with Gasteiger partial charge in [-0.1, -0.05) is 5.16 Å². The van der Waals surface area contributed by atoms with E-state index >= 15 is 0 Å². The van der Waals surface area contributed by atoms with Crippen LogP contribution in [-0.4, -0.2) is 66.5 Å². The number of hydrogen-bond acceptors (Lipinski definition) is 10. The number of nitrogens with one attached hydrogen (secondary N) is 1. The molecule has 1 aliphatic heterocycles. The van der Waals surface area contributed by atoms with E-state index in [1.165, 1.54) is 46.6 Å². The predicted octanol–water partition coefficient (Wildman–Crippen LogP) is -0.189. The van der Waals surface area contributed by atoms with Gasteiger partial charge in [-0.05, 0) is 19.1 Å². The van der Waals surface area contributed by atoms with Crippen molar-refractivity contribution in [1.29, 1.82) is 0 Å². The average Bonchev–Trinajstić information content (AvgIpc) is 3.48. The van der Waals surface area contributed by atoms with Gasteiger partial charge in [-0.3, -0.25) is 19.3 Å². The zero-order valence-electron chi connectivity index (χ0n) is 19.3. The Morgan fingerprint density at radius 2 is 2.08 bits per heavy atom. The molecule has 5 rings (SSSR count). The van der Waals surface area contributed by atoms with E-state index in [1.54, 1.807) is 24.4 Å². The van der Waals surface area contributed by atoms with Crippen LogP contribution in [0.1, 0.15) is 6.92 Å². The van der Waals surface area contributed by atoms with Gasteiger partial charge in [0.2, 0.25) is 0 Å². The molecule has 4 aromatic rings. The number of hydrogen-bond donors (Lipinski definition) is 3. The first-order valence-electron chi connectivity index (χ1n) is 10.9. The molecule has 4 N–H and O–H groups in total. The maximum Gasteiger partial charge on any atom is 0.268 e. The number of nitrogens with two attached hydrogens (primary N) is 1. The molecule has 0 radical (unpaired) electrons. The Balaban J connectivity index is 1.34. The molecule has 36 heavy (non-hydrogen) atoms. The van der Waals surface area contributed by atoms with Gasteiger partial charge in [0.05, 0.1) is 30.4 Å². The van der Waals surface area contributed by atoms with Gasteiger partial charge in [-0.2, -0.15) is 5.10 Å². The second kappa shape index (κ2) is 8.58. The van der Waals surface area contributed by atoms with Gasteiger partial charge in [0, 0.05) is 37.1 Å². The van der Waals surface area contributed by atoms with Crippen LogP contribution in [0.15, 0.2) is 52.0 Å². The number of rotatable bonds is 5. The molecule has 186 valence electrons. The van der Waals surface area contributed by atoms with E-state index < -0.39 is 23.5 Å². The molecule has 3 aromatic heterocycles. The molecule has 4 heterocycles. The number of aryl methyl sites for hydroxylation is 1. The van der Waals surface area contributed by atoms with E-state index in [0.717, 1.165) is 0 Å². The van der Waals surface area contributed by atoms with Gasteiger partial charge >= 0.3 is 0 Å². The first-order valence-corrected chi connectivity index (χ1v) is 10.9. The molecule has 1 saturated heterocycles. The quantitative estimate of drug-likeness (QED) is 0.336. The summed E-state index contributed by atoms with van der Waals surface area (Å²) < 4.78 is 13.2. The lowest BCUT2D eigenvalue weighted by molar-refractivity contribution is -0.165. The van der Waals surface area contributed by atoms with Crippen LogP contribution in [0.5, 0.6) is 0 Å². The summed E-state index contributed by atoms with van der Waals surface area (Å²) in [4.78, 5) is 39.4. The highest BCUT2D eigenvalue weighted by molar-refractivity contribution is 6.06. The van der Waals surface area contributed by atoms with Gasteiger partial charge in [0.15, 0.2) is 28.9 Å². The van der Waals surface area contributed by atoms with Gasteiger partial charge in [0.25, 0.3) is 17.4 Å². The predicted molar refractivity (Wildman–Crippen MR) is 126 cm³/mol. The van der Waals surface area contributed by atoms with Crippen LogP contribution in [0.2, 0.25) is 0 Å². The number of nitrogens with zero attached hydrogens (tertiary/aromatic N) is 6. The number of aliphatic hydroxyl groups is 1. The molecular weight excluding hydrogens is 472 g/mol. The fourth-order valence-electron chi connectivity index (χ4n) is 3.81. The maximum atomic E-state index is 13.3. The zero-order valence-corrected chi connectivity index (χ0v) is 19.3. The lowest BCUT2D eigenvalue weighted by atomic mass is 9.95. The number of fused-ring (bicyclic) bond motifs is 1. The number of nitrogen functional groups attached to an aromatic ring is 1. The van der Waals surface area contributed by atoms with E-state index in [4.69, 9.17) is 15.0 Å². The number of anilines is 3. The Bertz CT molecular complexity index is 1540. The van der Waals surface area contributed by atoms with Crippen molar-refractivity contribution in [3.63, 3.8) is 0 Å². The summed E-state index contributed by atoms with van der Waals surface area (Å²) in [5.74, 6) is -1.03. The molecule has 14 heteroatoms. The molecule has 1 fully saturated rings. The van der Waals surface area contributed by atoms with E-state index in [-0.39, 0.29) is 30.3 Å². The van der Waals surface area contributed by atoms with E-state index in [0.29, 0.717) is 22.3 Å². The van der Waals surface area contributed by atoms with Crippen LogP contribution < -0.4 is 21.5 Å². The zero-order chi connectivity index (χ0) is 25.6. The third-order valence-electron chi connectivity index (χ3n) is 5.89. The summed E-state index contributed by atoms with van der Waals surface area (Å²) in [5.41, 5.74) is 4.24. The Morgan fingerprint density at radius 3 is 2.86 bits per heavy atom. The van der Waals surface area contributed by atoms with Crippen LogP contribution in [0.3, 0.4) is 0 Å². The van der Waals surface area contributed by atoms with Gasteiger partial charge < -0.3 is 25.4 Å². The van der Waals surface area contributed by atoms with Crippen molar-refractivity contribution in [3.8, 4) is 5.69 Å². The summed E-state index contributed by atoms with van der Waals surface area (Å²) in [5, 5.41) is 26.2. The van der Waals surface area contributed by atoms with Crippen molar-refractivity contribution in [3.05, 3.63) is 53.1 Å². The summed E-state index contributed by atoms with van der Waals surface area (Å²) >= 11 is 0. The molecule has 0 spiro atoms. The normalized spacial score (nSPS) is 17.8. The van der Waals surface area contributed by atoms with Gasteiger partial charge in [0.1, 0.15) is 0 Å². The van der Waals surface area contributed by atoms with E-state index in [2.05, 4.69) is 20.7 Å². The highest BCUT2D eigenvalue weighted by atomic mass is 16.5. The minimum Gasteiger partial charge on any atom is -0.380 e. The minimum absolute atomic E-state index is 0.0590. The molecule has 0 bridgehead atoms. The first-order chi connectivity index (χ1) is 17.1. The first kappa shape index (κ1) is 23.2. The summed E-state index contributed by atoms with van der Waals surface area (Å²) in [7, 11) is 1.53. The van der Waals surface area contributed by atoms with Crippen molar-refractivity contribution in [2.24, 2.45) is 7.05 Å². The fraction of sp³-hybridized carbons (Fsp3) is 0.273. The van der Waals surface area contributed by atoms with Crippen molar-refractivity contribution < 1.29 is 24.0 Å². The molecule has 1 aliphatic rings. The van der Waals surface area contributed by atoms with Crippen molar-refractivity contribution >= 4 is 40.1 Å². The minimum atomic E-state index is -2.22. The Morgan fingerprint density at radius 1 is 1.28 bits per heavy atom. The lowest BCUT2D eigenvalue weighted by Crippen LogP contribution is -2.61. The van der Waals surface area contributed by atoms with Crippen LogP contribution in [-0.2, 0) is 21.4 Å². The summed E-state index contributed by atoms with van der Waals surface area (Å²) in [6.45, 7) is 1.41. The molecule has 0 aliphatic carbocycles. The standard InChI is InChI=1S/C22H22N8O6/c1-22(34,21(33)25-12-3-4-14-15(9-12)36-27-19(14)23)18-20(32)29(7-8-35-18)16-5-6-30(26-16)13-10-17(31)28(2)24-11-13/h3-6,9-11,18,34H,7-8H2,1-2H3,(H2,23,27)(H,25,33)/t18-,22?/m0/s1. The monoisotopic (exact) mass is 494 g/mol. The third kappa shape index (κ3) is 3.97. The third-order valence-corrected chi connectivity index (χ3v) is 5.89. The summed E-state index contributed by atoms with van der Waals surface area (Å²) in [6.07, 6.45) is 1.54. The molecule has 1 unspecified atom stereocenters. The van der Waals surface area contributed by atoms with Crippen molar-refractivity contribution in [2.45, 2.75) is 18.6 Å². The van der Waals surface area contributed by atoms with Crippen LogP contribution in [0.25, 0.3) is 16.7 Å². The van der Waals surface area contributed by atoms with Gasteiger partial charge in [-0.25, -0.2) is 9.36 Å². The maximum absolute atomic E-state index is 13.3. The number of carbonyl (C=O) groups excluding carboxylic acids is 2. The SMILES string of the molecule is Cn1ncc(-n2ccc(N3CCO[C@H](C(C)(O)C(=O)Nc4ccc5c(N)noc5c4)C3=O)n2)cc1=O. The second-order valence-corrected chi connectivity index (χ2v) is 8.42. The molecular formula is C22H22N8O6. The highest BCUT2D eigenvalue weighted by Crippen LogP contribution is 2.27. The van der Waals surface area contributed by atoms with Crippen LogP contribution in [0, 0.1) is 0 Å². The topological polar surface area (TPSA) is 184 Å². The fourth-order valence-corrected chi connectivity index (χ4v) is 3.81. The Labute approximate surface area is 202 Å². The van der Waals surface area contributed by atoms with Crippen molar-refractivity contribution in [1.82, 2.24) is 24.7 Å². The Kier molecular flexibility index (Phi) is 5.53. The number of aromatic nitrogens is 5. The Hall–Kier alpha value is -4.56.